The highest BCUT2D eigenvalue weighted by atomic mass is 16.2. The van der Waals surface area contributed by atoms with Crippen molar-refractivity contribution in [1.29, 1.82) is 0 Å². The zero-order valence-electron chi connectivity index (χ0n) is 15.5. The highest BCUT2D eigenvalue weighted by Gasteiger charge is 2.49. The quantitative estimate of drug-likeness (QED) is 0.695. The number of anilines is 2. The molecule has 0 aromatic heterocycles. The number of rotatable bonds is 6. The lowest BCUT2D eigenvalue weighted by Gasteiger charge is -2.23. The summed E-state index contributed by atoms with van der Waals surface area (Å²) in [7, 11) is 0. The number of carbonyl (C=O) groups excluding carboxylic acids is 2. The van der Waals surface area contributed by atoms with Gasteiger partial charge >= 0.3 is 0 Å². The summed E-state index contributed by atoms with van der Waals surface area (Å²) >= 11 is 0. The molecule has 4 rings (SSSR count). The van der Waals surface area contributed by atoms with E-state index in [2.05, 4.69) is 5.32 Å². The Labute approximate surface area is 164 Å². The molecular formula is C24H22N2O2. The lowest BCUT2D eigenvalue weighted by Crippen LogP contribution is -2.33. The smallest absolute Gasteiger partial charge is 0.231 e. The minimum Gasteiger partial charge on any atom is -0.326 e. The van der Waals surface area contributed by atoms with Crippen LogP contribution in [0.15, 0.2) is 91.0 Å². The van der Waals surface area contributed by atoms with E-state index in [9.17, 15) is 9.59 Å². The lowest BCUT2D eigenvalue weighted by atomic mass is 10.1. The molecule has 0 bridgehead atoms. The Balaban J connectivity index is 1.48. The van der Waals surface area contributed by atoms with Crippen LogP contribution in [-0.4, -0.2) is 11.8 Å². The third-order valence-electron chi connectivity index (χ3n) is 5.00. The fraction of sp³-hybridized carbons (Fsp3) is 0.167. The van der Waals surface area contributed by atoms with Gasteiger partial charge in [0, 0.05) is 11.4 Å². The third kappa shape index (κ3) is 4.12. The van der Waals surface area contributed by atoms with Crippen LogP contribution < -0.4 is 10.2 Å². The van der Waals surface area contributed by atoms with Gasteiger partial charge in [-0.05, 0) is 36.2 Å². The molecule has 1 fully saturated rings. The first-order chi connectivity index (χ1) is 13.7. The Morgan fingerprint density at radius 1 is 0.786 bits per heavy atom. The van der Waals surface area contributed by atoms with Gasteiger partial charge in [-0.3, -0.25) is 9.59 Å². The molecule has 1 aliphatic rings. The molecule has 2 amide bonds. The van der Waals surface area contributed by atoms with Crippen molar-refractivity contribution in [3.63, 3.8) is 0 Å². The minimum atomic E-state index is -0.271. The fourth-order valence-corrected chi connectivity index (χ4v) is 3.38. The molecule has 2 atom stereocenters. The monoisotopic (exact) mass is 370 g/mol. The number of carbonyl (C=O) groups is 2. The molecule has 3 aromatic rings. The number of amides is 2. The summed E-state index contributed by atoms with van der Waals surface area (Å²) in [6, 6.07) is 28.9. The maximum atomic E-state index is 13.2. The maximum absolute atomic E-state index is 13.2. The molecule has 0 radical (unpaired) electrons. The van der Waals surface area contributed by atoms with Crippen molar-refractivity contribution < 1.29 is 9.59 Å². The summed E-state index contributed by atoms with van der Waals surface area (Å²) in [5.74, 6) is -0.622. The predicted octanol–water partition coefficient (Wildman–Crippen LogP) is 4.49. The molecule has 3 aromatic carbocycles. The van der Waals surface area contributed by atoms with E-state index in [-0.39, 0.29) is 23.7 Å². The van der Waals surface area contributed by atoms with Crippen LogP contribution in [-0.2, 0) is 16.1 Å². The first-order valence-electron chi connectivity index (χ1n) is 9.48. The SMILES string of the molecule is O=C(Nc1ccccc1)C1CC1C(=O)N(Cc1ccccc1)c1ccccc1. The number of para-hydroxylation sites is 2. The van der Waals surface area contributed by atoms with Crippen LogP contribution in [0.1, 0.15) is 12.0 Å². The van der Waals surface area contributed by atoms with Gasteiger partial charge in [-0.25, -0.2) is 0 Å². The molecule has 1 saturated carbocycles. The third-order valence-corrected chi connectivity index (χ3v) is 5.00. The maximum Gasteiger partial charge on any atom is 0.231 e. The van der Waals surface area contributed by atoms with E-state index in [0.29, 0.717) is 13.0 Å². The van der Waals surface area contributed by atoms with Gasteiger partial charge in [-0.2, -0.15) is 0 Å². The van der Waals surface area contributed by atoms with E-state index in [1.807, 2.05) is 91.0 Å². The molecule has 4 nitrogen and oxygen atoms in total. The van der Waals surface area contributed by atoms with E-state index in [4.69, 9.17) is 0 Å². The molecule has 0 aliphatic heterocycles. The van der Waals surface area contributed by atoms with Gasteiger partial charge in [0.15, 0.2) is 0 Å². The van der Waals surface area contributed by atoms with E-state index >= 15 is 0 Å². The molecule has 140 valence electrons. The summed E-state index contributed by atoms with van der Waals surface area (Å²) in [6.45, 7) is 0.493. The van der Waals surface area contributed by atoms with E-state index in [1.54, 1.807) is 4.90 Å². The second-order valence-electron chi connectivity index (χ2n) is 7.05. The molecular weight excluding hydrogens is 348 g/mol. The van der Waals surface area contributed by atoms with Crippen LogP contribution in [0.2, 0.25) is 0 Å². The molecule has 1 aliphatic carbocycles. The Bertz CT molecular complexity index is 942. The fourth-order valence-electron chi connectivity index (χ4n) is 3.38. The predicted molar refractivity (Wildman–Crippen MR) is 111 cm³/mol. The van der Waals surface area contributed by atoms with Gasteiger partial charge in [-0.15, -0.1) is 0 Å². The van der Waals surface area contributed by atoms with Crippen LogP contribution in [0, 0.1) is 11.8 Å². The van der Waals surface area contributed by atoms with E-state index < -0.39 is 0 Å². The Morgan fingerprint density at radius 2 is 1.36 bits per heavy atom. The normalized spacial score (nSPS) is 17.6. The first-order valence-corrected chi connectivity index (χ1v) is 9.48. The topological polar surface area (TPSA) is 49.4 Å². The summed E-state index contributed by atoms with van der Waals surface area (Å²) in [4.78, 5) is 27.5. The van der Waals surface area contributed by atoms with Gasteiger partial charge in [0.1, 0.15) is 0 Å². The number of benzene rings is 3. The molecule has 28 heavy (non-hydrogen) atoms. The van der Waals surface area contributed by atoms with Crippen LogP contribution in [0.3, 0.4) is 0 Å². The molecule has 0 spiro atoms. The lowest BCUT2D eigenvalue weighted by molar-refractivity contribution is -0.123. The second-order valence-corrected chi connectivity index (χ2v) is 7.05. The highest BCUT2D eigenvalue weighted by molar-refractivity contribution is 6.04. The first kappa shape index (κ1) is 18.0. The summed E-state index contributed by atoms with van der Waals surface area (Å²) in [6.07, 6.45) is 0.593. The zero-order chi connectivity index (χ0) is 19.3. The Hall–Kier alpha value is -3.40. The van der Waals surface area contributed by atoms with Crippen LogP contribution >= 0.6 is 0 Å². The van der Waals surface area contributed by atoms with Crippen molar-refractivity contribution in [2.24, 2.45) is 11.8 Å². The van der Waals surface area contributed by atoms with Crippen molar-refractivity contribution in [2.75, 3.05) is 10.2 Å². The second kappa shape index (κ2) is 8.09. The van der Waals surface area contributed by atoms with Crippen molar-refractivity contribution in [1.82, 2.24) is 0 Å². The molecule has 4 heteroatoms. The largest absolute Gasteiger partial charge is 0.326 e. The van der Waals surface area contributed by atoms with Crippen molar-refractivity contribution in [3.05, 3.63) is 96.6 Å². The van der Waals surface area contributed by atoms with Crippen molar-refractivity contribution in [2.45, 2.75) is 13.0 Å². The minimum absolute atomic E-state index is 0.00302. The van der Waals surface area contributed by atoms with Gasteiger partial charge in [-0.1, -0.05) is 66.7 Å². The van der Waals surface area contributed by atoms with Gasteiger partial charge < -0.3 is 10.2 Å². The van der Waals surface area contributed by atoms with Crippen molar-refractivity contribution in [3.8, 4) is 0 Å². The average Bonchev–Trinajstić information content (AvgIpc) is 3.55. The summed E-state index contributed by atoms with van der Waals surface area (Å²) in [5.41, 5.74) is 2.67. The molecule has 0 heterocycles. The van der Waals surface area contributed by atoms with Gasteiger partial charge in [0.05, 0.1) is 18.4 Å². The number of hydrogen-bond donors (Lipinski definition) is 1. The van der Waals surface area contributed by atoms with E-state index in [1.165, 1.54) is 0 Å². The van der Waals surface area contributed by atoms with Crippen LogP contribution in [0.5, 0.6) is 0 Å². The zero-order valence-corrected chi connectivity index (χ0v) is 15.5. The molecule has 2 unspecified atom stereocenters. The Kier molecular flexibility index (Phi) is 5.20. The molecule has 1 N–H and O–H groups in total. The van der Waals surface area contributed by atoms with Crippen molar-refractivity contribution >= 4 is 23.2 Å². The van der Waals surface area contributed by atoms with Crippen LogP contribution in [0.4, 0.5) is 11.4 Å². The number of nitrogens with zero attached hydrogens (tertiary/aromatic N) is 1. The summed E-state index contributed by atoms with van der Waals surface area (Å²) < 4.78 is 0. The number of hydrogen-bond acceptors (Lipinski definition) is 2. The van der Waals surface area contributed by atoms with Crippen LogP contribution in [0.25, 0.3) is 0 Å². The van der Waals surface area contributed by atoms with E-state index in [0.717, 1.165) is 16.9 Å². The average molecular weight is 370 g/mol. The molecule has 0 saturated heterocycles. The number of nitrogens with one attached hydrogen (secondary N) is 1. The summed E-state index contributed by atoms with van der Waals surface area (Å²) in [5, 5.41) is 2.91. The highest BCUT2D eigenvalue weighted by Crippen LogP contribution is 2.42. The Morgan fingerprint density at radius 3 is 2.00 bits per heavy atom. The van der Waals surface area contributed by atoms with Gasteiger partial charge in [0.2, 0.25) is 11.8 Å². The van der Waals surface area contributed by atoms with Gasteiger partial charge in [0.25, 0.3) is 0 Å². The standard InChI is InChI=1S/C24H22N2O2/c27-23(25-19-12-6-2-7-13-19)21-16-22(21)24(28)26(20-14-8-3-9-15-20)17-18-10-4-1-5-11-18/h1-15,21-22H,16-17H2,(H,25,27).